The van der Waals surface area contributed by atoms with Gasteiger partial charge < -0.3 is 20.7 Å². The number of nitrogens with one attached hydrogen (secondary N) is 1. The van der Waals surface area contributed by atoms with E-state index in [2.05, 4.69) is 15.3 Å². The minimum absolute atomic E-state index is 0.114. The Morgan fingerprint density at radius 2 is 1.74 bits per heavy atom. The normalized spacial score (nSPS) is 10.5. The summed E-state index contributed by atoms with van der Waals surface area (Å²) < 4.78 is 5.20. The van der Waals surface area contributed by atoms with Crippen LogP contribution in [0.15, 0.2) is 78.4 Å². The van der Waals surface area contributed by atoms with Crippen molar-refractivity contribution in [2.75, 3.05) is 24.7 Å². The third-order valence-corrected chi connectivity index (χ3v) is 5.74. The number of nitrogen functional groups attached to an aromatic ring is 1. The van der Waals surface area contributed by atoms with Crippen molar-refractivity contribution in [3.63, 3.8) is 0 Å². The highest BCUT2D eigenvalue weighted by atomic mass is 32.1. The maximum atomic E-state index is 13.1. The lowest BCUT2D eigenvalue weighted by molar-refractivity contribution is -0.117. The third-order valence-electron chi connectivity index (χ3n) is 5.07. The van der Waals surface area contributed by atoms with Crippen LogP contribution in [0.25, 0.3) is 11.3 Å². The largest absolute Gasteiger partial charge is 0.497 e. The predicted octanol–water partition coefficient (Wildman–Crippen LogP) is 4.08. The van der Waals surface area contributed by atoms with E-state index < -0.39 is 0 Å². The molecule has 0 saturated carbocycles. The quantitative estimate of drug-likeness (QED) is 0.399. The molecule has 2 aromatic heterocycles. The molecular weight excluding hydrogens is 450 g/mol. The number of rotatable bonds is 8. The van der Waals surface area contributed by atoms with Crippen molar-refractivity contribution in [2.24, 2.45) is 0 Å². The second kappa shape index (κ2) is 10.6. The molecule has 0 aliphatic heterocycles. The van der Waals surface area contributed by atoms with E-state index in [-0.39, 0.29) is 24.9 Å². The number of ether oxygens (including phenoxy) is 1. The van der Waals surface area contributed by atoms with Crippen molar-refractivity contribution in [1.29, 1.82) is 0 Å². The monoisotopic (exact) mass is 473 g/mol. The number of anilines is 2. The minimum atomic E-state index is -0.304. The molecular formula is C25H23N5O3S. The predicted molar refractivity (Wildman–Crippen MR) is 133 cm³/mol. The van der Waals surface area contributed by atoms with Crippen LogP contribution in [0.3, 0.4) is 0 Å². The van der Waals surface area contributed by atoms with E-state index in [9.17, 15) is 9.59 Å². The van der Waals surface area contributed by atoms with Crippen molar-refractivity contribution in [2.45, 2.75) is 6.54 Å². The van der Waals surface area contributed by atoms with E-state index >= 15 is 0 Å². The van der Waals surface area contributed by atoms with Gasteiger partial charge in [0.1, 0.15) is 12.3 Å². The van der Waals surface area contributed by atoms with Gasteiger partial charge in [0, 0.05) is 41.1 Å². The number of aromatic nitrogens is 2. The number of amides is 2. The van der Waals surface area contributed by atoms with Crippen LogP contribution in [0.1, 0.15) is 15.9 Å². The van der Waals surface area contributed by atoms with Crippen molar-refractivity contribution >= 4 is 34.0 Å². The Morgan fingerprint density at radius 1 is 1.03 bits per heavy atom. The number of hydrogen-bond donors (Lipinski definition) is 2. The van der Waals surface area contributed by atoms with Gasteiger partial charge in [0.25, 0.3) is 5.91 Å². The van der Waals surface area contributed by atoms with E-state index in [0.29, 0.717) is 16.4 Å². The molecule has 0 unspecified atom stereocenters. The fraction of sp³-hybridized carbons (Fsp3) is 0.120. The summed E-state index contributed by atoms with van der Waals surface area (Å²) in [5.74, 6) is 0.156. The van der Waals surface area contributed by atoms with Crippen LogP contribution >= 0.6 is 11.3 Å². The molecule has 0 aliphatic carbocycles. The molecule has 2 aromatic carbocycles. The highest BCUT2D eigenvalue weighted by molar-refractivity contribution is 7.13. The lowest BCUT2D eigenvalue weighted by Gasteiger charge is -2.22. The molecule has 4 aromatic rings. The van der Waals surface area contributed by atoms with Crippen LogP contribution in [-0.2, 0) is 11.3 Å². The highest BCUT2D eigenvalue weighted by Crippen LogP contribution is 2.24. The second-order valence-corrected chi connectivity index (χ2v) is 8.33. The van der Waals surface area contributed by atoms with Gasteiger partial charge in [-0.25, -0.2) is 4.98 Å². The number of thiazole rings is 1. The Bertz CT molecular complexity index is 1260. The topological polar surface area (TPSA) is 110 Å². The SMILES string of the molecule is COc1ccc(CN(CC(=O)Nc2ccc(-c3csc(N)n3)cc2)C(=O)c2ccncc2)cc1. The Hall–Kier alpha value is -4.24. The first-order valence-electron chi connectivity index (χ1n) is 10.5. The smallest absolute Gasteiger partial charge is 0.254 e. The van der Waals surface area contributed by atoms with E-state index in [1.54, 1.807) is 43.8 Å². The van der Waals surface area contributed by atoms with Gasteiger partial charge in [-0.15, -0.1) is 11.3 Å². The molecule has 2 amide bonds. The molecule has 0 radical (unpaired) electrons. The Morgan fingerprint density at radius 3 is 2.35 bits per heavy atom. The first-order valence-corrected chi connectivity index (χ1v) is 11.3. The number of carbonyl (C=O) groups is 2. The summed E-state index contributed by atoms with van der Waals surface area (Å²) in [4.78, 5) is 35.7. The number of benzene rings is 2. The van der Waals surface area contributed by atoms with Crippen molar-refractivity contribution in [3.05, 3.63) is 89.6 Å². The molecule has 8 nitrogen and oxygen atoms in total. The Kier molecular flexibility index (Phi) is 7.14. The molecule has 172 valence electrons. The summed E-state index contributed by atoms with van der Waals surface area (Å²) >= 11 is 1.37. The van der Waals surface area contributed by atoms with E-state index in [0.717, 1.165) is 22.6 Å². The average Bonchev–Trinajstić information content (AvgIpc) is 3.31. The van der Waals surface area contributed by atoms with Gasteiger partial charge in [-0.1, -0.05) is 24.3 Å². The van der Waals surface area contributed by atoms with Crippen molar-refractivity contribution < 1.29 is 14.3 Å². The van der Waals surface area contributed by atoms with Gasteiger partial charge in [-0.3, -0.25) is 14.6 Å². The van der Waals surface area contributed by atoms with Crippen LogP contribution in [0.5, 0.6) is 5.75 Å². The van der Waals surface area contributed by atoms with Gasteiger partial charge >= 0.3 is 0 Å². The van der Waals surface area contributed by atoms with Gasteiger partial charge in [0.05, 0.1) is 12.8 Å². The van der Waals surface area contributed by atoms with Crippen molar-refractivity contribution in [3.8, 4) is 17.0 Å². The molecule has 0 aliphatic rings. The third kappa shape index (κ3) is 5.76. The number of methoxy groups -OCH3 is 1. The van der Waals surface area contributed by atoms with Crippen LogP contribution in [0.4, 0.5) is 10.8 Å². The lowest BCUT2D eigenvalue weighted by atomic mass is 10.1. The van der Waals surface area contributed by atoms with Crippen LogP contribution in [0.2, 0.25) is 0 Å². The first-order chi connectivity index (χ1) is 16.5. The lowest BCUT2D eigenvalue weighted by Crippen LogP contribution is -2.37. The molecule has 0 bridgehead atoms. The number of carbonyl (C=O) groups excluding carboxylic acids is 2. The fourth-order valence-corrected chi connectivity index (χ4v) is 3.92. The average molecular weight is 474 g/mol. The van der Waals surface area contributed by atoms with E-state index in [4.69, 9.17) is 10.5 Å². The summed E-state index contributed by atoms with van der Waals surface area (Å²) in [6, 6.07) is 18.0. The zero-order valence-corrected chi connectivity index (χ0v) is 19.3. The van der Waals surface area contributed by atoms with Gasteiger partial charge in [0.15, 0.2) is 5.13 Å². The van der Waals surface area contributed by atoms with Crippen molar-refractivity contribution in [1.82, 2.24) is 14.9 Å². The summed E-state index contributed by atoms with van der Waals surface area (Å²) in [6.45, 7) is 0.153. The first kappa shape index (κ1) is 22.9. The minimum Gasteiger partial charge on any atom is -0.497 e. The molecule has 0 fully saturated rings. The fourth-order valence-electron chi connectivity index (χ4n) is 3.35. The molecule has 0 saturated heterocycles. The molecule has 34 heavy (non-hydrogen) atoms. The Balaban J connectivity index is 1.47. The number of hydrogen-bond acceptors (Lipinski definition) is 7. The van der Waals surface area contributed by atoms with Gasteiger partial charge in [-0.05, 0) is 42.0 Å². The maximum absolute atomic E-state index is 13.1. The van der Waals surface area contributed by atoms with Crippen LogP contribution in [-0.4, -0.2) is 40.3 Å². The Labute approximate surface area is 201 Å². The molecule has 3 N–H and O–H groups in total. The second-order valence-electron chi connectivity index (χ2n) is 7.44. The number of pyridine rings is 1. The van der Waals surface area contributed by atoms with Gasteiger partial charge in [0.2, 0.25) is 5.91 Å². The summed E-state index contributed by atoms with van der Waals surface area (Å²) in [6.07, 6.45) is 3.10. The summed E-state index contributed by atoms with van der Waals surface area (Å²) in [5.41, 5.74) is 9.35. The molecule has 0 atom stereocenters. The summed E-state index contributed by atoms with van der Waals surface area (Å²) in [7, 11) is 1.59. The standard InChI is InChI=1S/C25H23N5O3S/c1-33-21-8-2-17(3-9-21)14-30(24(32)19-10-12-27-13-11-19)15-23(31)28-20-6-4-18(5-7-20)22-16-34-25(26)29-22/h2-13,16H,14-15H2,1H3,(H2,26,29)(H,28,31). The number of nitrogens with zero attached hydrogens (tertiary/aromatic N) is 3. The van der Waals surface area contributed by atoms with Gasteiger partial charge in [-0.2, -0.15) is 0 Å². The summed E-state index contributed by atoms with van der Waals surface area (Å²) in [5, 5.41) is 5.24. The molecule has 4 rings (SSSR count). The highest BCUT2D eigenvalue weighted by Gasteiger charge is 2.19. The molecule has 9 heteroatoms. The van der Waals surface area contributed by atoms with Crippen LogP contribution < -0.4 is 15.8 Å². The van der Waals surface area contributed by atoms with E-state index in [1.807, 2.05) is 41.8 Å². The maximum Gasteiger partial charge on any atom is 0.254 e. The molecule has 0 spiro atoms. The molecule has 2 heterocycles. The van der Waals surface area contributed by atoms with Crippen LogP contribution in [0, 0.1) is 0 Å². The number of nitrogens with two attached hydrogens (primary N) is 1. The van der Waals surface area contributed by atoms with E-state index in [1.165, 1.54) is 16.2 Å². The zero-order chi connectivity index (χ0) is 23.9. The zero-order valence-electron chi connectivity index (χ0n) is 18.5.